The molecular weight excluding hydrogens is 292 g/mol. The second-order valence-corrected chi connectivity index (χ2v) is 6.96. The molecule has 0 aromatic carbocycles. The van der Waals surface area contributed by atoms with E-state index in [0.717, 1.165) is 57.3 Å². The van der Waals surface area contributed by atoms with Gasteiger partial charge in [0.1, 0.15) is 11.6 Å². The Morgan fingerprint density at radius 3 is 2.87 bits per heavy atom. The van der Waals surface area contributed by atoms with Gasteiger partial charge in [0.05, 0.1) is 12.6 Å². The van der Waals surface area contributed by atoms with Gasteiger partial charge < -0.3 is 14.0 Å². The van der Waals surface area contributed by atoms with Gasteiger partial charge in [0.2, 0.25) is 0 Å². The Morgan fingerprint density at radius 1 is 1.26 bits per heavy atom. The van der Waals surface area contributed by atoms with Crippen molar-refractivity contribution < 1.29 is 9.47 Å². The fraction of sp³-hybridized carbons (Fsp3) is 0.882. The van der Waals surface area contributed by atoms with Crippen molar-refractivity contribution in [2.75, 3.05) is 26.3 Å². The maximum absolute atomic E-state index is 5.83. The summed E-state index contributed by atoms with van der Waals surface area (Å²) >= 11 is 0. The molecule has 2 atom stereocenters. The summed E-state index contributed by atoms with van der Waals surface area (Å²) in [4.78, 5) is 2.49. The Kier molecular flexibility index (Phi) is 5.67. The molecule has 1 aromatic heterocycles. The van der Waals surface area contributed by atoms with E-state index in [9.17, 15) is 0 Å². The van der Waals surface area contributed by atoms with Crippen molar-refractivity contribution in [2.24, 2.45) is 0 Å². The predicted octanol–water partition coefficient (Wildman–Crippen LogP) is 2.71. The highest BCUT2D eigenvalue weighted by atomic mass is 16.7. The van der Waals surface area contributed by atoms with E-state index in [4.69, 9.17) is 9.47 Å². The zero-order valence-electron chi connectivity index (χ0n) is 14.7. The molecule has 1 saturated heterocycles. The lowest BCUT2D eigenvalue weighted by atomic mass is 10.1. The lowest BCUT2D eigenvalue weighted by Gasteiger charge is -2.34. The largest absolute Gasteiger partial charge is 0.353 e. The van der Waals surface area contributed by atoms with Crippen molar-refractivity contribution in [2.45, 2.75) is 71.2 Å². The fourth-order valence-electron chi connectivity index (χ4n) is 3.51. The molecule has 0 radical (unpaired) electrons. The zero-order chi connectivity index (χ0) is 16.2. The van der Waals surface area contributed by atoms with Gasteiger partial charge in [0.25, 0.3) is 0 Å². The quantitative estimate of drug-likeness (QED) is 0.754. The molecule has 3 rings (SSSR count). The molecule has 6 nitrogen and oxygen atoms in total. The van der Waals surface area contributed by atoms with E-state index in [2.05, 4.69) is 40.4 Å². The van der Waals surface area contributed by atoms with Crippen molar-refractivity contribution >= 4 is 0 Å². The van der Waals surface area contributed by atoms with Gasteiger partial charge in [0.15, 0.2) is 6.29 Å². The van der Waals surface area contributed by atoms with Crippen LogP contribution in [0.25, 0.3) is 0 Å². The van der Waals surface area contributed by atoms with Crippen LogP contribution in [0.15, 0.2) is 0 Å². The smallest absolute Gasteiger partial charge is 0.157 e. The van der Waals surface area contributed by atoms with Crippen LogP contribution in [0, 0.1) is 0 Å². The van der Waals surface area contributed by atoms with Crippen LogP contribution < -0.4 is 0 Å². The Balaban J connectivity index is 1.46. The summed E-state index contributed by atoms with van der Waals surface area (Å²) in [6.45, 7) is 11.3. The molecule has 0 bridgehead atoms. The maximum Gasteiger partial charge on any atom is 0.157 e. The lowest BCUT2D eigenvalue weighted by Crippen LogP contribution is -2.38. The van der Waals surface area contributed by atoms with Crippen LogP contribution in [0.2, 0.25) is 0 Å². The third-order valence-electron chi connectivity index (χ3n) is 4.89. The van der Waals surface area contributed by atoms with Crippen molar-refractivity contribution in [1.29, 1.82) is 0 Å². The van der Waals surface area contributed by atoms with E-state index in [-0.39, 0.29) is 6.29 Å². The molecule has 1 aromatic rings. The topological polar surface area (TPSA) is 52.4 Å². The Morgan fingerprint density at radius 2 is 2.13 bits per heavy atom. The molecule has 2 aliphatic rings. The van der Waals surface area contributed by atoms with Crippen molar-refractivity contribution in [1.82, 2.24) is 19.7 Å². The molecule has 2 aliphatic heterocycles. The normalized spacial score (nSPS) is 25.7. The van der Waals surface area contributed by atoms with E-state index < -0.39 is 0 Å². The summed E-state index contributed by atoms with van der Waals surface area (Å²) in [5.74, 6) is 2.65. The first-order valence-electron chi connectivity index (χ1n) is 9.07. The summed E-state index contributed by atoms with van der Waals surface area (Å²) in [5.41, 5.74) is 0. The van der Waals surface area contributed by atoms with Crippen LogP contribution in [0.5, 0.6) is 0 Å². The standard InChI is InChI=1S/C17H30N4O2/c1-13(2)16-18-19-17-14(3)20(9-10-21(16)17)8-6-12-23-15-7-4-5-11-22-15/h13-15H,4-12H2,1-3H3/t14-,15-/m0/s1. The minimum atomic E-state index is 0.0271. The highest BCUT2D eigenvalue weighted by Gasteiger charge is 2.28. The first-order chi connectivity index (χ1) is 11.2. The van der Waals surface area contributed by atoms with Crippen molar-refractivity contribution in [3.63, 3.8) is 0 Å². The van der Waals surface area contributed by atoms with Gasteiger partial charge in [0, 0.05) is 32.2 Å². The number of nitrogens with zero attached hydrogens (tertiary/aromatic N) is 4. The zero-order valence-corrected chi connectivity index (χ0v) is 14.7. The van der Waals surface area contributed by atoms with E-state index in [0.29, 0.717) is 12.0 Å². The minimum absolute atomic E-state index is 0.0271. The van der Waals surface area contributed by atoms with Crippen LogP contribution >= 0.6 is 0 Å². The third kappa shape index (κ3) is 3.92. The van der Waals surface area contributed by atoms with E-state index in [1.807, 2.05) is 0 Å². The summed E-state index contributed by atoms with van der Waals surface area (Å²) in [6, 6.07) is 0.328. The number of fused-ring (bicyclic) bond motifs is 1. The van der Waals surface area contributed by atoms with Crippen LogP contribution in [-0.2, 0) is 16.0 Å². The average Bonchev–Trinajstić information content (AvgIpc) is 2.99. The van der Waals surface area contributed by atoms with Crippen LogP contribution in [0.1, 0.15) is 70.1 Å². The fourth-order valence-corrected chi connectivity index (χ4v) is 3.51. The summed E-state index contributed by atoms with van der Waals surface area (Å²) in [7, 11) is 0. The molecule has 0 N–H and O–H groups in total. The molecule has 0 spiro atoms. The molecule has 3 heterocycles. The van der Waals surface area contributed by atoms with Gasteiger partial charge in [-0.2, -0.15) is 0 Å². The highest BCUT2D eigenvalue weighted by molar-refractivity contribution is 5.06. The molecule has 23 heavy (non-hydrogen) atoms. The minimum Gasteiger partial charge on any atom is -0.353 e. The van der Waals surface area contributed by atoms with Gasteiger partial charge in [-0.3, -0.25) is 4.90 Å². The SMILES string of the molecule is CC(C)c1nnc2n1CCN(CCCO[C@H]1CCCCO1)[C@H]2C. The Labute approximate surface area is 139 Å². The van der Waals surface area contributed by atoms with Gasteiger partial charge in [-0.25, -0.2) is 0 Å². The number of ether oxygens (including phenoxy) is 2. The first kappa shape index (κ1) is 16.9. The average molecular weight is 322 g/mol. The van der Waals surface area contributed by atoms with Gasteiger partial charge in [-0.15, -0.1) is 10.2 Å². The van der Waals surface area contributed by atoms with Gasteiger partial charge >= 0.3 is 0 Å². The molecule has 1 fully saturated rings. The second kappa shape index (κ2) is 7.73. The van der Waals surface area contributed by atoms with Crippen LogP contribution in [0.4, 0.5) is 0 Å². The number of aromatic nitrogens is 3. The number of hydrogen-bond donors (Lipinski definition) is 0. The Bertz CT molecular complexity index is 497. The molecule has 0 saturated carbocycles. The third-order valence-corrected chi connectivity index (χ3v) is 4.89. The predicted molar refractivity (Wildman–Crippen MR) is 88.3 cm³/mol. The highest BCUT2D eigenvalue weighted by Crippen LogP contribution is 2.26. The molecule has 0 aliphatic carbocycles. The molecular formula is C17H30N4O2. The van der Waals surface area contributed by atoms with E-state index in [1.54, 1.807) is 0 Å². The molecule has 0 amide bonds. The number of rotatable bonds is 6. The van der Waals surface area contributed by atoms with E-state index >= 15 is 0 Å². The maximum atomic E-state index is 5.83. The Hall–Kier alpha value is -0.980. The first-order valence-corrected chi connectivity index (χ1v) is 9.07. The monoisotopic (exact) mass is 322 g/mol. The van der Waals surface area contributed by atoms with Crippen molar-refractivity contribution in [3.05, 3.63) is 11.6 Å². The van der Waals surface area contributed by atoms with Crippen LogP contribution in [0.3, 0.4) is 0 Å². The number of hydrogen-bond acceptors (Lipinski definition) is 5. The lowest BCUT2D eigenvalue weighted by molar-refractivity contribution is -0.163. The summed E-state index contributed by atoms with van der Waals surface area (Å²) in [5, 5.41) is 8.82. The van der Waals surface area contributed by atoms with Gasteiger partial charge in [-0.05, 0) is 32.6 Å². The second-order valence-electron chi connectivity index (χ2n) is 6.96. The molecule has 130 valence electrons. The summed E-state index contributed by atoms with van der Waals surface area (Å²) < 4.78 is 13.7. The van der Waals surface area contributed by atoms with Gasteiger partial charge in [-0.1, -0.05) is 13.8 Å². The van der Waals surface area contributed by atoms with E-state index in [1.165, 1.54) is 12.8 Å². The summed E-state index contributed by atoms with van der Waals surface area (Å²) in [6.07, 6.45) is 4.50. The molecule has 6 heteroatoms. The van der Waals surface area contributed by atoms with Crippen molar-refractivity contribution in [3.8, 4) is 0 Å². The molecule has 0 unspecified atom stereocenters. The van der Waals surface area contributed by atoms with Crippen LogP contribution in [-0.4, -0.2) is 52.3 Å².